The molecule has 5 nitrogen and oxygen atoms in total. The van der Waals surface area contributed by atoms with Crippen LogP contribution in [0, 0.1) is 0 Å². The van der Waals surface area contributed by atoms with E-state index in [2.05, 4.69) is 10.3 Å². The van der Waals surface area contributed by atoms with E-state index in [-0.39, 0.29) is 11.8 Å². The van der Waals surface area contributed by atoms with Gasteiger partial charge < -0.3 is 9.88 Å². The third-order valence-electron chi connectivity index (χ3n) is 2.09. The zero-order valence-corrected chi connectivity index (χ0v) is 10.1. The molecule has 0 saturated carbocycles. The molecule has 6 heteroatoms. The van der Waals surface area contributed by atoms with Gasteiger partial charge in [0.1, 0.15) is 15.7 Å². The van der Waals surface area contributed by atoms with Crippen LogP contribution in [0.4, 0.5) is 0 Å². The van der Waals surface area contributed by atoms with Gasteiger partial charge in [0, 0.05) is 25.7 Å². The molecular formula is C9H17N3O2S. The topological polar surface area (TPSA) is 64.0 Å². The largest absolute Gasteiger partial charge is 0.337 e. The summed E-state index contributed by atoms with van der Waals surface area (Å²) in [7, 11) is -1.15. The van der Waals surface area contributed by atoms with Crippen LogP contribution in [0.1, 0.15) is 18.8 Å². The van der Waals surface area contributed by atoms with Gasteiger partial charge in [-0.05, 0) is 6.54 Å². The fourth-order valence-corrected chi connectivity index (χ4v) is 2.36. The zero-order chi connectivity index (χ0) is 11.5. The summed E-state index contributed by atoms with van der Waals surface area (Å²) in [6.45, 7) is 2.66. The molecule has 0 amide bonds. The second kappa shape index (κ2) is 4.76. The van der Waals surface area contributed by atoms with Gasteiger partial charge in [0.05, 0.1) is 11.8 Å². The predicted molar refractivity (Wildman–Crippen MR) is 59.3 cm³/mol. The Bertz CT molecular complexity index is 411. The molecule has 1 aromatic rings. The summed E-state index contributed by atoms with van der Waals surface area (Å²) in [5.41, 5.74) is 0. The molecule has 1 heterocycles. The van der Waals surface area contributed by atoms with Crippen LogP contribution >= 0.6 is 0 Å². The van der Waals surface area contributed by atoms with Gasteiger partial charge in [-0.15, -0.1) is 0 Å². The van der Waals surface area contributed by atoms with E-state index in [9.17, 15) is 8.42 Å². The Hall–Kier alpha value is -0.880. The van der Waals surface area contributed by atoms with Gasteiger partial charge in [-0.25, -0.2) is 13.4 Å². The lowest BCUT2D eigenvalue weighted by Gasteiger charge is -2.16. The monoisotopic (exact) mass is 231 g/mol. The number of imidazole rings is 1. The first kappa shape index (κ1) is 12.2. The normalized spacial score (nSPS) is 14.1. The number of nitrogens with one attached hydrogen (secondary N) is 1. The standard InChI is InChI=1S/C9H17N3O2S/c1-4-10-8(7-15(3,13)14)9-11-5-6-12(9)2/h5-6,8,10H,4,7H2,1-3H3. The van der Waals surface area contributed by atoms with Crippen molar-refractivity contribution >= 4 is 9.84 Å². The molecule has 1 N–H and O–H groups in total. The van der Waals surface area contributed by atoms with Crippen molar-refractivity contribution < 1.29 is 8.42 Å². The lowest BCUT2D eigenvalue weighted by Crippen LogP contribution is -2.29. The van der Waals surface area contributed by atoms with Crippen LogP contribution in [-0.2, 0) is 16.9 Å². The predicted octanol–water partition coefficient (Wildman–Crippen LogP) is 0.115. The molecule has 0 aliphatic rings. The first-order chi connectivity index (χ1) is 6.94. The van der Waals surface area contributed by atoms with Crippen molar-refractivity contribution in [2.24, 2.45) is 7.05 Å². The molecule has 1 unspecified atom stereocenters. The molecule has 0 spiro atoms. The number of hydrogen-bond donors (Lipinski definition) is 1. The maximum Gasteiger partial charge on any atom is 0.149 e. The van der Waals surface area contributed by atoms with E-state index in [1.54, 1.807) is 6.20 Å². The number of aromatic nitrogens is 2. The van der Waals surface area contributed by atoms with Crippen LogP contribution in [0.15, 0.2) is 12.4 Å². The SMILES string of the molecule is CCNC(CS(C)(=O)=O)c1nccn1C. The Morgan fingerprint density at radius 1 is 1.60 bits per heavy atom. The van der Waals surface area contributed by atoms with Crippen molar-refractivity contribution in [3.8, 4) is 0 Å². The van der Waals surface area contributed by atoms with Crippen LogP contribution < -0.4 is 5.32 Å². The number of aryl methyl sites for hydroxylation is 1. The Morgan fingerprint density at radius 2 is 2.27 bits per heavy atom. The quantitative estimate of drug-likeness (QED) is 0.781. The summed E-state index contributed by atoms with van der Waals surface area (Å²) in [6.07, 6.45) is 4.71. The molecular weight excluding hydrogens is 214 g/mol. The number of hydrogen-bond acceptors (Lipinski definition) is 4. The smallest absolute Gasteiger partial charge is 0.149 e. The lowest BCUT2D eigenvalue weighted by atomic mass is 10.3. The van der Waals surface area contributed by atoms with E-state index in [0.717, 1.165) is 5.82 Å². The Kier molecular flexibility index (Phi) is 3.87. The van der Waals surface area contributed by atoms with Crippen molar-refractivity contribution in [2.45, 2.75) is 13.0 Å². The summed E-state index contributed by atoms with van der Waals surface area (Å²) >= 11 is 0. The summed E-state index contributed by atoms with van der Waals surface area (Å²) < 4.78 is 24.3. The molecule has 0 bridgehead atoms. The van der Waals surface area contributed by atoms with Crippen LogP contribution in [0.3, 0.4) is 0 Å². The molecule has 0 aromatic carbocycles. The van der Waals surface area contributed by atoms with Crippen LogP contribution in [0.25, 0.3) is 0 Å². The van der Waals surface area contributed by atoms with Crippen molar-refractivity contribution in [1.29, 1.82) is 0 Å². The second-order valence-corrected chi connectivity index (χ2v) is 5.78. The Morgan fingerprint density at radius 3 is 2.67 bits per heavy atom. The molecule has 1 rings (SSSR count). The van der Waals surface area contributed by atoms with E-state index < -0.39 is 9.84 Å². The summed E-state index contributed by atoms with van der Waals surface area (Å²) in [6, 6.07) is -0.231. The van der Waals surface area contributed by atoms with Crippen LogP contribution in [-0.4, -0.2) is 36.5 Å². The highest BCUT2D eigenvalue weighted by Gasteiger charge is 2.19. The van der Waals surface area contributed by atoms with Gasteiger partial charge in [-0.2, -0.15) is 0 Å². The number of sulfone groups is 1. The maximum atomic E-state index is 11.2. The molecule has 0 saturated heterocycles. The summed E-state index contributed by atoms with van der Waals surface area (Å²) in [5, 5.41) is 3.12. The van der Waals surface area contributed by atoms with Crippen molar-refractivity contribution in [1.82, 2.24) is 14.9 Å². The molecule has 1 aromatic heterocycles. The fraction of sp³-hybridized carbons (Fsp3) is 0.667. The fourth-order valence-electron chi connectivity index (χ4n) is 1.49. The van der Waals surface area contributed by atoms with Gasteiger partial charge in [0.2, 0.25) is 0 Å². The Labute approximate surface area is 90.4 Å². The molecule has 0 aliphatic carbocycles. The van der Waals surface area contributed by atoms with E-state index >= 15 is 0 Å². The molecule has 0 fully saturated rings. The average molecular weight is 231 g/mol. The number of nitrogens with zero attached hydrogens (tertiary/aromatic N) is 2. The van der Waals surface area contributed by atoms with E-state index in [0.29, 0.717) is 6.54 Å². The maximum absolute atomic E-state index is 11.2. The van der Waals surface area contributed by atoms with E-state index in [1.165, 1.54) is 6.26 Å². The minimum absolute atomic E-state index is 0.0751. The van der Waals surface area contributed by atoms with Crippen molar-refractivity contribution in [3.63, 3.8) is 0 Å². The Balaban J connectivity index is 2.88. The highest BCUT2D eigenvalue weighted by molar-refractivity contribution is 7.90. The minimum atomic E-state index is -3.00. The van der Waals surface area contributed by atoms with E-state index in [4.69, 9.17) is 0 Å². The first-order valence-electron chi connectivity index (χ1n) is 4.82. The van der Waals surface area contributed by atoms with E-state index in [1.807, 2.05) is 24.7 Å². The molecule has 15 heavy (non-hydrogen) atoms. The van der Waals surface area contributed by atoms with Crippen LogP contribution in [0.2, 0.25) is 0 Å². The third kappa shape index (κ3) is 3.64. The van der Waals surface area contributed by atoms with Gasteiger partial charge in [0.15, 0.2) is 0 Å². The van der Waals surface area contributed by atoms with Crippen molar-refractivity contribution in [2.75, 3.05) is 18.6 Å². The third-order valence-corrected chi connectivity index (χ3v) is 3.03. The van der Waals surface area contributed by atoms with Gasteiger partial charge in [-0.1, -0.05) is 6.92 Å². The van der Waals surface area contributed by atoms with Crippen LogP contribution in [0.5, 0.6) is 0 Å². The number of rotatable bonds is 5. The summed E-state index contributed by atoms with van der Waals surface area (Å²) in [5.74, 6) is 0.827. The van der Waals surface area contributed by atoms with Gasteiger partial charge in [-0.3, -0.25) is 0 Å². The molecule has 0 aliphatic heterocycles. The minimum Gasteiger partial charge on any atom is -0.337 e. The van der Waals surface area contributed by atoms with Gasteiger partial charge >= 0.3 is 0 Å². The molecule has 86 valence electrons. The average Bonchev–Trinajstić information content (AvgIpc) is 2.48. The zero-order valence-electron chi connectivity index (χ0n) is 9.27. The summed E-state index contributed by atoms with van der Waals surface area (Å²) in [4.78, 5) is 4.15. The highest BCUT2D eigenvalue weighted by Crippen LogP contribution is 2.11. The molecule has 0 radical (unpaired) electrons. The lowest BCUT2D eigenvalue weighted by molar-refractivity contribution is 0.533. The van der Waals surface area contributed by atoms with Gasteiger partial charge in [0.25, 0.3) is 0 Å². The highest BCUT2D eigenvalue weighted by atomic mass is 32.2. The molecule has 1 atom stereocenters. The first-order valence-corrected chi connectivity index (χ1v) is 6.88. The second-order valence-electron chi connectivity index (χ2n) is 3.60. The van der Waals surface area contributed by atoms with Crippen molar-refractivity contribution in [3.05, 3.63) is 18.2 Å².